The van der Waals surface area contributed by atoms with Crippen molar-refractivity contribution in [2.45, 2.75) is 213 Å². The molecular weight excluding hydrogens is 648 g/mol. The summed E-state index contributed by atoms with van der Waals surface area (Å²) < 4.78 is 16.6. The molecule has 0 saturated heterocycles. The van der Waals surface area contributed by atoms with Crippen LogP contribution in [0.5, 0.6) is 0 Å². The lowest BCUT2D eigenvalue weighted by molar-refractivity contribution is -0.166. The van der Waals surface area contributed by atoms with Crippen molar-refractivity contribution < 1.29 is 28.6 Å². The van der Waals surface area contributed by atoms with Crippen LogP contribution in [0.4, 0.5) is 0 Å². The minimum Gasteiger partial charge on any atom is -0.462 e. The SMILES string of the molecule is CCCC/C=C\C=C/CCCCCC(=O)OC(COC(=O)CC/C=C\C/C=C\CCCCCCCC)COC(=O)CCCCCCCCCCCC. The van der Waals surface area contributed by atoms with Crippen LogP contribution < -0.4 is 0 Å². The molecule has 0 aliphatic heterocycles. The molecule has 0 spiro atoms. The highest BCUT2D eigenvalue weighted by Gasteiger charge is 2.19. The van der Waals surface area contributed by atoms with E-state index in [4.69, 9.17) is 14.2 Å². The highest BCUT2D eigenvalue weighted by Crippen LogP contribution is 2.13. The molecule has 6 nitrogen and oxygen atoms in total. The lowest BCUT2D eigenvalue weighted by Gasteiger charge is -2.18. The summed E-state index contributed by atoms with van der Waals surface area (Å²) in [6, 6.07) is 0. The highest BCUT2D eigenvalue weighted by molar-refractivity contribution is 5.71. The van der Waals surface area contributed by atoms with E-state index < -0.39 is 6.10 Å². The monoisotopic (exact) mass is 729 g/mol. The number of rotatable bonds is 38. The van der Waals surface area contributed by atoms with E-state index in [9.17, 15) is 14.4 Å². The molecule has 300 valence electrons. The first kappa shape index (κ1) is 49.4. The number of esters is 3. The van der Waals surface area contributed by atoms with Crippen LogP contribution in [-0.4, -0.2) is 37.2 Å². The Morgan fingerprint density at radius 3 is 1.37 bits per heavy atom. The van der Waals surface area contributed by atoms with Crippen molar-refractivity contribution in [3.05, 3.63) is 48.6 Å². The molecule has 52 heavy (non-hydrogen) atoms. The third-order valence-corrected chi connectivity index (χ3v) is 9.10. The maximum Gasteiger partial charge on any atom is 0.306 e. The van der Waals surface area contributed by atoms with Crippen molar-refractivity contribution in [2.24, 2.45) is 0 Å². The van der Waals surface area contributed by atoms with E-state index in [0.717, 1.165) is 64.2 Å². The average Bonchev–Trinajstić information content (AvgIpc) is 3.14. The smallest absolute Gasteiger partial charge is 0.306 e. The molecule has 0 aromatic rings. The first-order chi connectivity index (χ1) is 25.5. The van der Waals surface area contributed by atoms with E-state index in [0.29, 0.717) is 12.8 Å². The van der Waals surface area contributed by atoms with Crippen molar-refractivity contribution in [1.29, 1.82) is 0 Å². The van der Waals surface area contributed by atoms with Gasteiger partial charge in [0.25, 0.3) is 0 Å². The van der Waals surface area contributed by atoms with E-state index in [-0.39, 0.29) is 44.0 Å². The average molecular weight is 729 g/mol. The highest BCUT2D eigenvalue weighted by atomic mass is 16.6. The molecule has 0 aromatic carbocycles. The van der Waals surface area contributed by atoms with Crippen LogP contribution in [-0.2, 0) is 28.6 Å². The van der Waals surface area contributed by atoms with Crippen molar-refractivity contribution in [1.82, 2.24) is 0 Å². The molecule has 0 fully saturated rings. The summed E-state index contributed by atoms with van der Waals surface area (Å²) in [5.74, 6) is -1.01. The standard InChI is InChI=1S/C46H80O6/c1-4-7-10-13-16-19-22-23-25-27-30-33-36-39-45(48)51-42-43(41-50-44(47)38-35-32-29-26-21-18-15-12-9-6-3)52-46(49)40-37-34-31-28-24-20-17-14-11-8-5-2/h14,17,20,23-25,30,33,43H,4-13,15-16,18-19,21-22,26-29,31-32,34-42H2,1-3H3/b17-14-,24-20-,25-23-,33-30-. The van der Waals surface area contributed by atoms with Gasteiger partial charge in [0, 0.05) is 19.3 Å². The second-order valence-corrected chi connectivity index (χ2v) is 14.3. The van der Waals surface area contributed by atoms with E-state index in [1.54, 1.807) is 0 Å². The van der Waals surface area contributed by atoms with Gasteiger partial charge >= 0.3 is 17.9 Å². The lowest BCUT2D eigenvalue weighted by Crippen LogP contribution is -2.30. The minimum atomic E-state index is -0.803. The largest absolute Gasteiger partial charge is 0.462 e. The van der Waals surface area contributed by atoms with Crippen molar-refractivity contribution in [3.63, 3.8) is 0 Å². The van der Waals surface area contributed by atoms with Gasteiger partial charge in [0.1, 0.15) is 13.2 Å². The van der Waals surface area contributed by atoms with Gasteiger partial charge in [-0.1, -0.05) is 179 Å². The second kappa shape index (κ2) is 41.1. The molecule has 0 aliphatic rings. The fourth-order valence-electron chi connectivity index (χ4n) is 5.76. The summed E-state index contributed by atoms with van der Waals surface area (Å²) in [5.41, 5.74) is 0. The van der Waals surface area contributed by atoms with Gasteiger partial charge in [0.15, 0.2) is 6.10 Å². The van der Waals surface area contributed by atoms with Gasteiger partial charge in [0.05, 0.1) is 0 Å². The summed E-state index contributed by atoms with van der Waals surface area (Å²) in [6.45, 7) is 6.46. The van der Waals surface area contributed by atoms with Gasteiger partial charge < -0.3 is 14.2 Å². The van der Waals surface area contributed by atoms with E-state index >= 15 is 0 Å². The van der Waals surface area contributed by atoms with Gasteiger partial charge in [-0.2, -0.15) is 0 Å². The Morgan fingerprint density at radius 2 is 0.808 bits per heavy atom. The number of carbonyl (C=O) groups excluding carboxylic acids is 3. The van der Waals surface area contributed by atoms with Crippen molar-refractivity contribution in [3.8, 4) is 0 Å². The maximum atomic E-state index is 12.6. The Morgan fingerprint density at radius 1 is 0.404 bits per heavy atom. The number of unbranched alkanes of at least 4 members (excludes halogenated alkanes) is 20. The molecule has 0 bridgehead atoms. The summed E-state index contributed by atoms with van der Waals surface area (Å²) in [7, 11) is 0. The lowest BCUT2D eigenvalue weighted by atomic mass is 10.1. The number of ether oxygens (including phenoxy) is 3. The Hall–Kier alpha value is -2.63. The first-order valence-electron chi connectivity index (χ1n) is 21.7. The van der Waals surface area contributed by atoms with Crippen LogP contribution in [0.3, 0.4) is 0 Å². The number of allylic oxidation sites excluding steroid dienone is 8. The number of hydrogen-bond acceptors (Lipinski definition) is 6. The Balaban J connectivity index is 4.49. The summed E-state index contributed by atoms with van der Waals surface area (Å²) in [5, 5.41) is 0. The molecule has 0 saturated carbocycles. The fraction of sp³-hybridized carbons (Fsp3) is 0.761. The topological polar surface area (TPSA) is 78.9 Å². The third kappa shape index (κ3) is 38.6. The molecule has 6 heteroatoms. The third-order valence-electron chi connectivity index (χ3n) is 9.10. The van der Waals surface area contributed by atoms with Crippen LogP contribution in [0.25, 0.3) is 0 Å². The second-order valence-electron chi connectivity index (χ2n) is 14.3. The van der Waals surface area contributed by atoms with E-state index in [1.165, 1.54) is 96.3 Å². The van der Waals surface area contributed by atoms with Crippen LogP contribution in [0.1, 0.15) is 207 Å². The Labute approximate surface area is 320 Å². The predicted octanol–water partition coefficient (Wildman–Crippen LogP) is 13.6. The molecule has 1 atom stereocenters. The molecule has 0 aromatic heterocycles. The number of hydrogen-bond donors (Lipinski definition) is 0. The van der Waals surface area contributed by atoms with Crippen LogP contribution in [0.15, 0.2) is 48.6 Å². The van der Waals surface area contributed by atoms with Crippen molar-refractivity contribution in [2.75, 3.05) is 13.2 Å². The van der Waals surface area contributed by atoms with Gasteiger partial charge in [-0.05, 0) is 57.8 Å². The zero-order valence-electron chi connectivity index (χ0n) is 34.1. The van der Waals surface area contributed by atoms with Crippen LogP contribution >= 0.6 is 0 Å². The van der Waals surface area contributed by atoms with E-state index in [2.05, 4.69) is 63.3 Å². The molecule has 0 aliphatic carbocycles. The Bertz CT molecular complexity index is 933. The molecule has 0 rings (SSSR count). The van der Waals surface area contributed by atoms with Crippen LogP contribution in [0.2, 0.25) is 0 Å². The summed E-state index contributed by atoms with van der Waals surface area (Å²) in [4.78, 5) is 37.5. The quantitative estimate of drug-likeness (QED) is 0.0207. The van der Waals surface area contributed by atoms with Gasteiger partial charge in [0.2, 0.25) is 0 Å². The van der Waals surface area contributed by atoms with Crippen molar-refractivity contribution >= 4 is 17.9 Å². The van der Waals surface area contributed by atoms with Crippen LogP contribution in [0, 0.1) is 0 Å². The summed E-state index contributed by atoms with van der Waals surface area (Å²) >= 11 is 0. The van der Waals surface area contributed by atoms with E-state index in [1.807, 2.05) is 6.08 Å². The molecule has 0 heterocycles. The zero-order chi connectivity index (χ0) is 38.0. The number of carbonyl (C=O) groups is 3. The molecule has 0 radical (unpaired) electrons. The molecular formula is C46H80O6. The van der Waals surface area contributed by atoms with Gasteiger partial charge in [-0.3, -0.25) is 14.4 Å². The normalized spacial score (nSPS) is 12.4. The Kier molecular flexibility index (Phi) is 39.1. The fourth-order valence-corrected chi connectivity index (χ4v) is 5.76. The zero-order valence-corrected chi connectivity index (χ0v) is 34.1. The predicted molar refractivity (Wildman–Crippen MR) is 219 cm³/mol. The molecule has 0 amide bonds. The minimum absolute atomic E-state index is 0.100. The van der Waals surface area contributed by atoms with Gasteiger partial charge in [-0.15, -0.1) is 0 Å². The summed E-state index contributed by atoms with van der Waals surface area (Å²) in [6.07, 6.45) is 46.8. The molecule has 0 N–H and O–H groups in total. The maximum absolute atomic E-state index is 12.6. The van der Waals surface area contributed by atoms with Gasteiger partial charge in [-0.25, -0.2) is 0 Å². The molecule has 1 unspecified atom stereocenters. The first-order valence-corrected chi connectivity index (χ1v) is 21.7.